The predicted molar refractivity (Wildman–Crippen MR) is 63.8 cm³/mol. The molecule has 90 valence electrons. The highest BCUT2D eigenvalue weighted by Crippen LogP contribution is 2.13. The topological polar surface area (TPSA) is 47.6 Å². The quantitative estimate of drug-likeness (QED) is 0.802. The number of aryl methyl sites for hydroxylation is 1. The summed E-state index contributed by atoms with van der Waals surface area (Å²) in [5.74, 6) is -0.0923. The zero-order chi connectivity index (χ0) is 12.1. The minimum Gasteiger partial charge on any atom is -0.354 e. The number of carbonyl (C=O) groups is 1. The first kappa shape index (κ1) is 13.2. The fourth-order valence-electron chi connectivity index (χ4n) is 1.45. The van der Waals surface area contributed by atoms with Crippen LogP contribution in [0.25, 0.3) is 0 Å². The van der Waals surface area contributed by atoms with E-state index in [0.29, 0.717) is 5.56 Å². The predicted octanol–water partition coefficient (Wildman–Crippen LogP) is 1.79. The summed E-state index contributed by atoms with van der Waals surface area (Å²) in [5, 5.41) is 6.63. The number of methoxy groups -OCH3 is 2. The van der Waals surface area contributed by atoms with Crippen molar-refractivity contribution in [2.75, 3.05) is 14.2 Å². The van der Waals surface area contributed by atoms with Gasteiger partial charge >= 0.3 is 0 Å². The van der Waals surface area contributed by atoms with Gasteiger partial charge in [-0.25, -0.2) is 0 Å². The summed E-state index contributed by atoms with van der Waals surface area (Å²) >= 11 is 1.52. The first-order valence-electron chi connectivity index (χ1n) is 4.99. The number of amides is 1. The van der Waals surface area contributed by atoms with Crippen LogP contribution in [0.5, 0.6) is 0 Å². The Morgan fingerprint density at radius 2 is 2.00 bits per heavy atom. The lowest BCUT2D eigenvalue weighted by Gasteiger charge is -2.22. The highest BCUT2D eigenvalue weighted by atomic mass is 32.1. The van der Waals surface area contributed by atoms with Gasteiger partial charge in [0, 0.05) is 19.6 Å². The number of hydrogen-bond acceptors (Lipinski definition) is 4. The first-order valence-corrected chi connectivity index (χ1v) is 5.93. The van der Waals surface area contributed by atoms with Crippen LogP contribution in [0.4, 0.5) is 0 Å². The first-order chi connectivity index (χ1) is 7.60. The molecule has 0 radical (unpaired) electrons. The molecule has 0 aromatic carbocycles. The van der Waals surface area contributed by atoms with Gasteiger partial charge in [-0.15, -0.1) is 0 Å². The average Bonchev–Trinajstić information content (AvgIpc) is 2.66. The average molecular weight is 243 g/mol. The van der Waals surface area contributed by atoms with Gasteiger partial charge in [0.1, 0.15) is 0 Å². The van der Waals surface area contributed by atoms with E-state index in [2.05, 4.69) is 5.32 Å². The number of nitrogens with one attached hydrogen (secondary N) is 1. The SMILES string of the molecule is COC(OC)C(C)NC(=O)c1cscc1C. The second-order valence-corrected chi connectivity index (χ2v) is 4.31. The largest absolute Gasteiger partial charge is 0.354 e. The van der Waals surface area contributed by atoms with Crippen LogP contribution in [0.15, 0.2) is 10.8 Å². The fourth-order valence-corrected chi connectivity index (χ4v) is 2.28. The van der Waals surface area contributed by atoms with E-state index < -0.39 is 6.29 Å². The second-order valence-electron chi connectivity index (χ2n) is 3.57. The van der Waals surface area contributed by atoms with Crippen molar-refractivity contribution in [2.24, 2.45) is 0 Å². The summed E-state index contributed by atoms with van der Waals surface area (Å²) in [7, 11) is 3.10. The third-order valence-corrected chi connectivity index (χ3v) is 3.19. The molecule has 1 unspecified atom stereocenters. The van der Waals surface area contributed by atoms with Gasteiger partial charge in [0.25, 0.3) is 5.91 Å². The van der Waals surface area contributed by atoms with E-state index in [1.165, 1.54) is 11.3 Å². The maximum atomic E-state index is 11.9. The molecule has 4 nitrogen and oxygen atoms in total. The van der Waals surface area contributed by atoms with Crippen LogP contribution in [-0.2, 0) is 9.47 Å². The molecule has 0 saturated heterocycles. The summed E-state index contributed by atoms with van der Waals surface area (Å²) in [6.07, 6.45) is -0.428. The van der Waals surface area contributed by atoms with E-state index in [4.69, 9.17) is 9.47 Å². The van der Waals surface area contributed by atoms with E-state index in [0.717, 1.165) is 5.56 Å². The molecule has 0 aliphatic heterocycles. The molecule has 5 heteroatoms. The molecule has 0 saturated carbocycles. The maximum Gasteiger partial charge on any atom is 0.252 e. The van der Waals surface area contributed by atoms with E-state index >= 15 is 0 Å². The van der Waals surface area contributed by atoms with Gasteiger partial charge in [-0.3, -0.25) is 4.79 Å². The molecule has 1 heterocycles. The Hall–Kier alpha value is -0.910. The Morgan fingerprint density at radius 3 is 2.44 bits per heavy atom. The number of thiophene rings is 1. The number of hydrogen-bond donors (Lipinski definition) is 1. The van der Waals surface area contributed by atoms with Crippen molar-refractivity contribution in [1.82, 2.24) is 5.32 Å². The molecule has 1 rings (SSSR count). The molecule has 1 aromatic heterocycles. The number of ether oxygens (including phenoxy) is 2. The van der Waals surface area contributed by atoms with Crippen LogP contribution in [0.1, 0.15) is 22.8 Å². The van der Waals surface area contributed by atoms with Crippen LogP contribution in [0.3, 0.4) is 0 Å². The summed E-state index contributed by atoms with van der Waals surface area (Å²) in [6, 6.07) is -0.193. The van der Waals surface area contributed by atoms with E-state index in [9.17, 15) is 4.79 Å². The number of rotatable bonds is 5. The van der Waals surface area contributed by atoms with Crippen LogP contribution in [-0.4, -0.2) is 32.5 Å². The van der Waals surface area contributed by atoms with Crippen molar-refractivity contribution in [3.63, 3.8) is 0 Å². The molecule has 16 heavy (non-hydrogen) atoms. The smallest absolute Gasteiger partial charge is 0.252 e. The van der Waals surface area contributed by atoms with E-state index in [1.54, 1.807) is 14.2 Å². The van der Waals surface area contributed by atoms with Crippen LogP contribution < -0.4 is 5.32 Å². The lowest BCUT2D eigenvalue weighted by molar-refractivity contribution is -0.117. The van der Waals surface area contributed by atoms with Crippen molar-refractivity contribution in [2.45, 2.75) is 26.2 Å². The van der Waals surface area contributed by atoms with Gasteiger partial charge in [0.05, 0.1) is 11.6 Å². The third-order valence-electron chi connectivity index (χ3n) is 2.33. The fraction of sp³-hybridized carbons (Fsp3) is 0.545. The van der Waals surface area contributed by atoms with Crippen molar-refractivity contribution in [1.29, 1.82) is 0 Å². The van der Waals surface area contributed by atoms with Gasteiger partial charge in [-0.1, -0.05) is 0 Å². The summed E-state index contributed by atoms with van der Waals surface area (Å²) in [6.45, 7) is 3.76. The molecule has 1 N–H and O–H groups in total. The lowest BCUT2D eigenvalue weighted by Crippen LogP contribution is -2.43. The van der Waals surface area contributed by atoms with E-state index in [1.807, 2.05) is 24.6 Å². The molecule has 1 aromatic rings. The van der Waals surface area contributed by atoms with Gasteiger partial charge in [0.2, 0.25) is 0 Å². The maximum absolute atomic E-state index is 11.9. The lowest BCUT2D eigenvalue weighted by atomic mass is 10.2. The minimum atomic E-state index is -0.428. The zero-order valence-corrected chi connectivity index (χ0v) is 10.8. The molecule has 0 aliphatic carbocycles. The zero-order valence-electron chi connectivity index (χ0n) is 9.94. The minimum absolute atomic E-state index is 0.0923. The molecule has 1 amide bonds. The van der Waals surface area contributed by atoms with Crippen molar-refractivity contribution < 1.29 is 14.3 Å². The molecular weight excluding hydrogens is 226 g/mol. The monoisotopic (exact) mass is 243 g/mol. The standard InChI is InChI=1S/C11H17NO3S/c1-7-5-16-6-9(7)10(13)12-8(2)11(14-3)15-4/h5-6,8,11H,1-4H3,(H,12,13). The van der Waals surface area contributed by atoms with Crippen LogP contribution in [0.2, 0.25) is 0 Å². The Kier molecular flexibility index (Phi) is 4.92. The molecule has 0 aliphatic rings. The van der Waals surface area contributed by atoms with Gasteiger partial charge in [-0.05, 0) is 24.8 Å². The van der Waals surface area contributed by atoms with Crippen LogP contribution in [0, 0.1) is 6.92 Å². The molecule has 0 bridgehead atoms. The van der Waals surface area contributed by atoms with Crippen molar-refractivity contribution in [3.05, 3.63) is 21.9 Å². The van der Waals surface area contributed by atoms with Crippen molar-refractivity contribution >= 4 is 17.2 Å². The second kappa shape index (κ2) is 5.98. The molecule has 1 atom stereocenters. The van der Waals surface area contributed by atoms with E-state index in [-0.39, 0.29) is 11.9 Å². The highest BCUT2D eigenvalue weighted by Gasteiger charge is 2.19. The van der Waals surface area contributed by atoms with Gasteiger partial charge in [0.15, 0.2) is 6.29 Å². The Morgan fingerprint density at radius 1 is 1.38 bits per heavy atom. The molecule has 0 fully saturated rings. The van der Waals surface area contributed by atoms with Gasteiger partial charge < -0.3 is 14.8 Å². The number of carbonyl (C=O) groups excluding carboxylic acids is 1. The Bertz CT molecular complexity index is 347. The third kappa shape index (κ3) is 3.04. The molecule has 0 spiro atoms. The Balaban J connectivity index is 2.61. The van der Waals surface area contributed by atoms with Crippen LogP contribution >= 0.6 is 11.3 Å². The highest BCUT2D eigenvalue weighted by molar-refractivity contribution is 7.08. The normalized spacial score (nSPS) is 12.8. The molecular formula is C11H17NO3S. The summed E-state index contributed by atoms with van der Waals surface area (Å²) in [4.78, 5) is 11.9. The van der Waals surface area contributed by atoms with Crippen molar-refractivity contribution in [3.8, 4) is 0 Å². The van der Waals surface area contributed by atoms with Gasteiger partial charge in [-0.2, -0.15) is 11.3 Å². The Labute approximate surface area is 99.6 Å². The summed E-state index contributed by atoms with van der Waals surface area (Å²) in [5.41, 5.74) is 1.70. The summed E-state index contributed by atoms with van der Waals surface area (Å²) < 4.78 is 10.2.